The molecule has 150 valence electrons. The van der Waals surface area contributed by atoms with Gasteiger partial charge in [0.05, 0.1) is 23.3 Å². The fourth-order valence-electron chi connectivity index (χ4n) is 3.07. The number of aliphatic imine (C=N–C) groups is 1. The fraction of sp³-hybridized carbons (Fsp3) is 0.167. The summed E-state index contributed by atoms with van der Waals surface area (Å²) in [5.41, 5.74) is 1.60. The molecule has 1 unspecified atom stereocenters. The number of rotatable bonds is 5. The molecule has 0 aliphatic carbocycles. The molecule has 29 heavy (non-hydrogen) atoms. The van der Waals surface area contributed by atoms with Gasteiger partial charge in [0.15, 0.2) is 5.82 Å². The molecule has 2 aromatic heterocycles. The van der Waals surface area contributed by atoms with E-state index in [0.29, 0.717) is 10.8 Å². The van der Waals surface area contributed by atoms with Crippen molar-refractivity contribution >= 4 is 40.9 Å². The first-order chi connectivity index (χ1) is 13.9. The lowest BCUT2D eigenvalue weighted by Gasteiger charge is -2.28. The number of carbonyl (C=O) groups excluding carboxylic acids is 1. The molecule has 1 aliphatic heterocycles. The molecule has 0 saturated carbocycles. The van der Waals surface area contributed by atoms with Gasteiger partial charge in [0.2, 0.25) is 0 Å². The maximum Gasteiger partial charge on any atom is 0.387 e. The van der Waals surface area contributed by atoms with Gasteiger partial charge in [0, 0.05) is 30.0 Å². The Morgan fingerprint density at radius 1 is 1.38 bits per heavy atom. The summed E-state index contributed by atoms with van der Waals surface area (Å²) < 4.78 is 30.1. The van der Waals surface area contributed by atoms with Crippen molar-refractivity contribution in [1.82, 2.24) is 15.2 Å². The van der Waals surface area contributed by atoms with Crippen molar-refractivity contribution in [3.05, 3.63) is 41.7 Å². The number of alkyl halides is 2. The highest BCUT2D eigenvalue weighted by molar-refractivity contribution is 6.31. The summed E-state index contributed by atoms with van der Waals surface area (Å²) in [7, 11) is 1.77. The van der Waals surface area contributed by atoms with Crippen molar-refractivity contribution in [3.8, 4) is 17.0 Å². The number of carbonyl (C=O) groups is 1. The number of hydrogen-bond acceptors (Lipinski definition) is 5. The molecule has 11 heteroatoms. The Labute approximate surface area is 168 Å². The molecule has 0 bridgehead atoms. The number of benzene rings is 1. The summed E-state index contributed by atoms with van der Waals surface area (Å²) in [5.74, 6) is 0.190. The van der Waals surface area contributed by atoms with E-state index in [1.165, 1.54) is 30.6 Å². The third-order valence-corrected chi connectivity index (χ3v) is 4.67. The molecule has 0 fully saturated rings. The standard InChI is InChI=1S/C18H15ClF2N6O2/c1-27-12-4-5-22-16(12)23-8-13(27)17(28)25-11-7-24-26-15(11)10-6-9(19)2-3-14(10)29-18(20)21/h2-8,13,18,22H,1H3,(H,24,26)(H,25,28). The van der Waals surface area contributed by atoms with Crippen LogP contribution in [0.2, 0.25) is 5.02 Å². The summed E-state index contributed by atoms with van der Waals surface area (Å²) in [5, 5.41) is 9.67. The Morgan fingerprint density at radius 3 is 3.00 bits per heavy atom. The average Bonchev–Trinajstić information content (AvgIpc) is 3.32. The van der Waals surface area contributed by atoms with Crippen LogP contribution in [0.3, 0.4) is 0 Å². The molecular weight excluding hydrogens is 406 g/mol. The quantitative estimate of drug-likeness (QED) is 0.584. The first-order valence-corrected chi connectivity index (χ1v) is 8.85. The van der Waals surface area contributed by atoms with E-state index in [4.69, 9.17) is 11.6 Å². The lowest BCUT2D eigenvalue weighted by atomic mass is 10.1. The van der Waals surface area contributed by atoms with Crippen molar-refractivity contribution in [2.24, 2.45) is 4.99 Å². The van der Waals surface area contributed by atoms with Crippen LogP contribution in [0.15, 0.2) is 41.7 Å². The number of fused-ring (bicyclic) bond motifs is 1. The second kappa shape index (κ2) is 7.55. The topological polar surface area (TPSA) is 98.4 Å². The van der Waals surface area contributed by atoms with Crippen LogP contribution < -0.4 is 15.0 Å². The second-order valence-corrected chi connectivity index (χ2v) is 6.65. The third kappa shape index (κ3) is 3.66. The van der Waals surface area contributed by atoms with Crippen LogP contribution in [0, 0.1) is 0 Å². The molecule has 1 aliphatic rings. The lowest BCUT2D eigenvalue weighted by Crippen LogP contribution is -2.44. The van der Waals surface area contributed by atoms with Crippen LogP contribution in [0.4, 0.5) is 26.0 Å². The van der Waals surface area contributed by atoms with Crippen molar-refractivity contribution in [1.29, 1.82) is 0 Å². The van der Waals surface area contributed by atoms with Crippen LogP contribution in [-0.4, -0.2) is 47.0 Å². The number of likely N-dealkylation sites (N-methyl/N-ethyl adjacent to an activating group) is 1. The number of nitrogens with one attached hydrogen (secondary N) is 3. The molecular formula is C18H15ClF2N6O2. The highest BCUT2D eigenvalue weighted by Crippen LogP contribution is 2.37. The Kier molecular flexibility index (Phi) is 4.93. The van der Waals surface area contributed by atoms with Gasteiger partial charge in [-0.2, -0.15) is 13.9 Å². The van der Waals surface area contributed by atoms with E-state index >= 15 is 0 Å². The van der Waals surface area contributed by atoms with Crippen LogP contribution in [-0.2, 0) is 4.79 Å². The van der Waals surface area contributed by atoms with E-state index in [-0.39, 0.29) is 28.6 Å². The zero-order chi connectivity index (χ0) is 20.5. The van der Waals surface area contributed by atoms with E-state index in [1.54, 1.807) is 18.1 Å². The zero-order valence-corrected chi connectivity index (χ0v) is 15.7. The van der Waals surface area contributed by atoms with E-state index in [2.05, 4.69) is 30.2 Å². The van der Waals surface area contributed by atoms with Gasteiger partial charge in [-0.15, -0.1) is 0 Å². The van der Waals surface area contributed by atoms with Crippen molar-refractivity contribution in [2.75, 3.05) is 17.3 Å². The SMILES string of the molecule is CN1c2cc[nH]c2N=CC1C(=O)Nc1cn[nH]c1-c1cc(Cl)ccc1OC(F)F. The number of halogens is 3. The van der Waals surface area contributed by atoms with Gasteiger partial charge in [-0.1, -0.05) is 11.6 Å². The molecule has 4 rings (SSSR count). The van der Waals surface area contributed by atoms with Gasteiger partial charge in [0.1, 0.15) is 11.8 Å². The molecule has 0 spiro atoms. The van der Waals surface area contributed by atoms with Gasteiger partial charge in [-0.3, -0.25) is 9.89 Å². The predicted molar refractivity (Wildman–Crippen MR) is 105 cm³/mol. The Balaban J connectivity index is 1.61. The fourth-order valence-corrected chi connectivity index (χ4v) is 3.24. The van der Waals surface area contributed by atoms with Crippen LogP contribution in [0.5, 0.6) is 5.75 Å². The number of aromatic nitrogens is 3. The monoisotopic (exact) mass is 420 g/mol. The molecule has 3 N–H and O–H groups in total. The van der Waals surface area contributed by atoms with Gasteiger partial charge in [-0.25, -0.2) is 4.99 Å². The maximum atomic E-state index is 12.8. The molecule has 3 aromatic rings. The summed E-state index contributed by atoms with van der Waals surface area (Å²) >= 11 is 6.01. The Hall–Kier alpha value is -3.40. The maximum absolute atomic E-state index is 12.8. The molecule has 0 radical (unpaired) electrons. The highest BCUT2D eigenvalue weighted by Gasteiger charge is 2.28. The average molecular weight is 421 g/mol. The number of aromatic amines is 2. The third-order valence-electron chi connectivity index (χ3n) is 4.44. The summed E-state index contributed by atoms with van der Waals surface area (Å²) in [4.78, 5) is 21.8. The summed E-state index contributed by atoms with van der Waals surface area (Å²) in [6.07, 6.45) is 4.62. The smallest absolute Gasteiger partial charge is 0.387 e. The highest BCUT2D eigenvalue weighted by atomic mass is 35.5. The number of H-pyrrole nitrogens is 2. The van der Waals surface area contributed by atoms with Gasteiger partial charge < -0.3 is 19.9 Å². The Bertz CT molecular complexity index is 1080. The zero-order valence-electron chi connectivity index (χ0n) is 15.0. The first kappa shape index (κ1) is 18.9. The Morgan fingerprint density at radius 2 is 2.21 bits per heavy atom. The van der Waals surface area contributed by atoms with Gasteiger partial charge in [0.25, 0.3) is 5.91 Å². The minimum atomic E-state index is -3.02. The second-order valence-electron chi connectivity index (χ2n) is 6.21. The minimum Gasteiger partial charge on any atom is -0.434 e. The van der Waals surface area contributed by atoms with E-state index in [1.807, 2.05) is 6.07 Å². The number of hydrogen-bond donors (Lipinski definition) is 3. The van der Waals surface area contributed by atoms with Crippen LogP contribution in [0.25, 0.3) is 11.3 Å². The van der Waals surface area contributed by atoms with Crippen molar-refractivity contribution in [3.63, 3.8) is 0 Å². The minimum absolute atomic E-state index is 0.0996. The summed E-state index contributed by atoms with van der Waals surface area (Å²) in [6.45, 7) is -3.02. The molecule has 0 saturated heterocycles. The normalized spacial score (nSPS) is 15.5. The number of anilines is 2. The number of nitrogens with zero attached hydrogens (tertiary/aromatic N) is 3. The first-order valence-electron chi connectivity index (χ1n) is 8.47. The molecule has 8 nitrogen and oxygen atoms in total. The number of ether oxygens (including phenoxy) is 1. The van der Waals surface area contributed by atoms with Crippen molar-refractivity contribution in [2.45, 2.75) is 12.7 Å². The van der Waals surface area contributed by atoms with E-state index < -0.39 is 12.7 Å². The molecule has 3 heterocycles. The molecule has 1 atom stereocenters. The van der Waals surface area contributed by atoms with E-state index in [0.717, 1.165) is 5.69 Å². The van der Waals surface area contributed by atoms with Gasteiger partial charge >= 0.3 is 6.61 Å². The predicted octanol–water partition coefficient (Wildman–Crippen LogP) is 3.82. The van der Waals surface area contributed by atoms with Crippen molar-refractivity contribution < 1.29 is 18.3 Å². The largest absolute Gasteiger partial charge is 0.434 e. The van der Waals surface area contributed by atoms with E-state index in [9.17, 15) is 13.6 Å². The molecule has 1 aromatic carbocycles. The number of amides is 1. The van der Waals surface area contributed by atoms with Crippen LogP contribution in [0.1, 0.15) is 0 Å². The molecule has 1 amide bonds. The summed E-state index contributed by atoms with van der Waals surface area (Å²) in [6, 6.07) is 5.35. The van der Waals surface area contributed by atoms with Gasteiger partial charge in [-0.05, 0) is 24.3 Å². The van der Waals surface area contributed by atoms with Crippen LogP contribution >= 0.6 is 11.6 Å². The lowest BCUT2D eigenvalue weighted by molar-refractivity contribution is -0.116.